The molecule has 0 saturated carbocycles. The van der Waals surface area contributed by atoms with Crippen molar-refractivity contribution in [2.75, 3.05) is 5.32 Å². The van der Waals surface area contributed by atoms with Gasteiger partial charge in [0.15, 0.2) is 0 Å². The van der Waals surface area contributed by atoms with E-state index in [1.54, 1.807) is 24.4 Å². The molecule has 1 aromatic carbocycles. The van der Waals surface area contributed by atoms with Crippen LogP contribution < -0.4 is 5.32 Å². The second kappa shape index (κ2) is 7.90. The first kappa shape index (κ1) is 19.5. The molecule has 0 aliphatic rings. The van der Waals surface area contributed by atoms with E-state index >= 15 is 0 Å². The van der Waals surface area contributed by atoms with Crippen LogP contribution in [0, 0.1) is 13.8 Å². The highest BCUT2D eigenvalue weighted by atomic mass is 16.5. The van der Waals surface area contributed by atoms with Crippen molar-refractivity contribution in [3.8, 4) is 11.4 Å². The lowest BCUT2D eigenvalue weighted by Crippen LogP contribution is -2.15. The predicted molar refractivity (Wildman–Crippen MR) is 111 cm³/mol. The number of hydrogen-bond acceptors (Lipinski definition) is 6. The number of fused-ring (bicyclic) bond motifs is 1. The number of amides is 1. The number of nitrogens with one attached hydrogen (secondary N) is 1. The molecule has 0 bridgehead atoms. The summed E-state index contributed by atoms with van der Waals surface area (Å²) in [7, 11) is 0. The van der Waals surface area contributed by atoms with Crippen LogP contribution in [0.2, 0.25) is 0 Å². The van der Waals surface area contributed by atoms with Crippen molar-refractivity contribution in [1.82, 2.24) is 19.5 Å². The molecule has 0 saturated heterocycles. The van der Waals surface area contributed by atoms with Gasteiger partial charge in [0.05, 0.1) is 6.20 Å². The Bertz CT molecular complexity index is 1250. The Kier molecular flexibility index (Phi) is 5.14. The molecule has 0 spiro atoms. The molecule has 8 heteroatoms. The summed E-state index contributed by atoms with van der Waals surface area (Å²) in [4.78, 5) is 32.8. The Labute approximate surface area is 172 Å². The van der Waals surface area contributed by atoms with E-state index in [0.717, 1.165) is 16.7 Å². The maximum Gasteiger partial charge on any atom is 0.274 e. The summed E-state index contributed by atoms with van der Waals surface area (Å²) in [5.74, 6) is 0.789. The molecule has 3 aromatic heterocycles. The molecule has 0 fully saturated rings. The van der Waals surface area contributed by atoms with Crippen LogP contribution in [0.1, 0.15) is 40.9 Å². The Balaban J connectivity index is 1.61. The van der Waals surface area contributed by atoms with E-state index in [-0.39, 0.29) is 11.7 Å². The van der Waals surface area contributed by atoms with Gasteiger partial charge < -0.3 is 14.6 Å². The van der Waals surface area contributed by atoms with Crippen LogP contribution in [0.5, 0.6) is 0 Å². The Hall–Kier alpha value is -3.81. The van der Waals surface area contributed by atoms with Crippen molar-refractivity contribution in [2.45, 2.75) is 33.6 Å². The largest absolute Gasteiger partial charge is 0.339 e. The minimum Gasteiger partial charge on any atom is -0.339 e. The standard InChI is InChI=1S/C22H21N5O3/c1-13-4-8-17(21-24-15(3)30-26-21)10-18(13)25-22(29)19-11-23-20-9-7-16(12-27(19)20)6-5-14(2)28/h4,7-12H,5-6H2,1-3H3,(H,25,29). The summed E-state index contributed by atoms with van der Waals surface area (Å²) < 4.78 is 6.78. The number of aryl methyl sites for hydroxylation is 3. The fourth-order valence-corrected chi connectivity index (χ4v) is 3.16. The third-order valence-electron chi connectivity index (χ3n) is 4.84. The number of anilines is 1. The van der Waals surface area contributed by atoms with Gasteiger partial charge in [-0.05, 0) is 43.5 Å². The van der Waals surface area contributed by atoms with Crippen LogP contribution in [0.25, 0.3) is 17.0 Å². The molecule has 30 heavy (non-hydrogen) atoms. The molecule has 4 rings (SSSR count). The fraction of sp³-hybridized carbons (Fsp3) is 0.227. The fourth-order valence-electron chi connectivity index (χ4n) is 3.16. The monoisotopic (exact) mass is 403 g/mol. The lowest BCUT2D eigenvalue weighted by Gasteiger charge is -2.10. The van der Waals surface area contributed by atoms with Gasteiger partial charge >= 0.3 is 0 Å². The van der Waals surface area contributed by atoms with E-state index in [4.69, 9.17) is 4.52 Å². The van der Waals surface area contributed by atoms with Gasteiger partial charge in [0, 0.05) is 30.8 Å². The van der Waals surface area contributed by atoms with Crippen molar-refractivity contribution in [1.29, 1.82) is 0 Å². The zero-order valence-electron chi connectivity index (χ0n) is 17.0. The summed E-state index contributed by atoms with van der Waals surface area (Å²) in [6.07, 6.45) is 4.48. The second-order valence-electron chi connectivity index (χ2n) is 7.23. The maximum absolute atomic E-state index is 13.0. The number of Topliss-reactive ketones (excluding diaryl/α,β-unsaturated/α-hetero) is 1. The van der Waals surface area contributed by atoms with Gasteiger partial charge in [-0.3, -0.25) is 9.20 Å². The molecular weight excluding hydrogens is 382 g/mol. The zero-order chi connectivity index (χ0) is 21.3. The number of pyridine rings is 1. The molecule has 0 aliphatic carbocycles. The number of rotatable bonds is 6. The first-order valence-electron chi connectivity index (χ1n) is 9.59. The van der Waals surface area contributed by atoms with Crippen LogP contribution in [0.3, 0.4) is 0 Å². The molecule has 8 nitrogen and oxygen atoms in total. The van der Waals surface area contributed by atoms with Crippen molar-refractivity contribution in [3.63, 3.8) is 0 Å². The van der Waals surface area contributed by atoms with Crippen molar-refractivity contribution >= 4 is 23.0 Å². The third kappa shape index (κ3) is 3.98. The Morgan fingerprint density at radius 3 is 2.73 bits per heavy atom. The summed E-state index contributed by atoms with van der Waals surface area (Å²) >= 11 is 0. The van der Waals surface area contributed by atoms with Crippen molar-refractivity contribution in [2.24, 2.45) is 0 Å². The SMILES string of the molecule is CC(=O)CCc1ccc2ncc(C(=O)Nc3cc(-c4noc(C)n4)ccc3C)n2c1. The minimum absolute atomic E-state index is 0.130. The highest BCUT2D eigenvalue weighted by molar-refractivity contribution is 6.04. The highest BCUT2D eigenvalue weighted by Gasteiger charge is 2.15. The first-order chi connectivity index (χ1) is 14.4. The van der Waals surface area contributed by atoms with Gasteiger partial charge in [0.2, 0.25) is 11.7 Å². The summed E-state index contributed by atoms with van der Waals surface area (Å²) in [5.41, 5.74) is 4.35. The molecule has 4 aromatic rings. The topological polar surface area (TPSA) is 102 Å². The smallest absolute Gasteiger partial charge is 0.274 e. The number of nitrogens with zero attached hydrogens (tertiary/aromatic N) is 4. The lowest BCUT2D eigenvalue weighted by molar-refractivity contribution is -0.116. The second-order valence-corrected chi connectivity index (χ2v) is 7.23. The number of carbonyl (C=O) groups is 2. The molecule has 152 valence electrons. The molecule has 0 aliphatic heterocycles. The van der Waals surface area contributed by atoms with Crippen LogP contribution in [0.4, 0.5) is 5.69 Å². The van der Waals surface area contributed by atoms with Crippen molar-refractivity contribution < 1.29 is 14.1 Å². The molecule has 1 amide bonds. The molecule has 0 atom stereocenters. The third-order valence-corrected chi connectivity index (χ3v) is 4.84. The number of ketones is 1. The van der Waals surface area contributed by atoms with Crippen molar-refractivity contribution in [3.05, 3.63) is 65.4 Å². The van der Waals surface area contributed by atoms with Gasteiger partial charge in [-0.25, -0.2) is 4.98 Å². The van der Waals surface area contributed by atoms with Crippen LogP contribution >= 0.6 is 0 Å². The number of benzene rings is 1. The number of carbonyl (C=O) groups excluding carboxylic acids is 2. The molecular formula is C22H21N5O3. The number of aromatic nitrogens is 4. The summed E-state index contributed by atoms with van der Waals surface area (Å²) in [6.45, 7) is 5.21. The van der Waals surface area contributed by atoms with Gasteiger partial charge in [-0.2, -0.15) is 4.98 Å². The van der Waals surface area contributed by atoms with Gasteiger partial charge in [0.25, 0.3) is 5.91 Å². The lowest BCUT2D eigenvalue weighted by atomic mass is 10.1. The van der Waals surface area contributed by atoms with Gasteiger partial charge in [-0.15, -0.1) is 0 Å². The maximum atomic E-state index is 13.0. The molecule has 1 N–H and O–H groups in total. The van der Waals surface area contributed by atoms with E-state index in [1.165, 1.54) is 0 Å². The van der Waals surface area contributed by atoms with Crippen LogP contribution in [-0.2, 0) is 11.2 Å². The minimum atomic E-state index is -0.282. The molecule has 3 heterocycles. The average Bonchev–Trinajstić information content (AvgIpc) is 3.34. The van der Waals surface area contributed by atoms with E-state index in [2.05, 4.69) is 20.4 Å². The van der Waals surface area contributed by atoms with E-state index in [1.807, 2.05) is 43.5 Å². The summed E-state index contributed by atoms with van der Waals surface area (Å²) in [6, 6.07) is 9.36. The first-order valence-corrected chi connectivity index (χ1v) is 9.59. The number of hydrogen-bond donors (Lipinski definition) is 1. The zero-order valence-corrected chi connectivity index (χ0v) is 17.0. The Morgan fingerprint density at radius 2 is 2.00 bits per heavy atom. The average molecular weight is 403 g/mol. The number of imidazole rings is 1. The summed E-state index contributed by atoms with van der Waals surface area (Å²) in [5, 5.41) is 6.88. The van der Waals surface area contributed by atoms with E-state index < -0.39 is 0 Å². The van der Waals surface area contributed by atoms with E-state index in [9.17, 15) is 9.59 Å². The van der Waals surface area contributed by atoms with Gasteiger partial charge in [-0.1, -0.05) is 23.4 Å². The highest BCUT2D eigenvalue weighted by Crippen LogP contribution is 2.24. The molecule has 0 radical (unpaired) electrons. The van der Waals surface area contributed by atoms with Gasteiger partial charge in [0.1, 0.15) is 17.1 Å². The van der Waals surface area contributed by atoms with E-state index in [0.29, 0.717) is 41.6 Å². The van der Waals surface area contributed by atoms with Crippen LogP contribution in [-0.4, -0.2) is 31.2 Å². The Morgan fingerprint density at radius 1 is 1.17 bits per heavy atom. The normalized spacial score (nSPS) is 11.0. The quantitative estimate of drug-likeness (QED) is 0.526. The predicted octanol–water partition coefficient (Wildman–Crippen LogP) is 3.78. The van der Waals surface area contributed by atoms with Crippen LogP contribution in [0.15, 0.2) is 47.2 Å². The molecule has 0 unspecified atom stereocenters.